The number of halogens is 2. The number of rotatable bonds is 9. The molecule has 0 radical (unpaired) electrons. The molecule has 1 amide bonds. The number of benzene rings is 2. The van der Waals surface area contributed by atoms with Gasteiger partial charge in [-0.1, -0.05) is 18.5 Å². The van der Waals surface area contributed by atoms with Gasteiger partial charge in [0.05, 0.1) is 29.4 Å². The summed E-state index contributed by atoms with van der Waals surface area (Å²) in [6.07, 6.45) is 3.57. The maximum absolute atomic E-state index is 13.8. The Hall–Kier alpha value is -3.51. The minimum atomic E-state index is -0.428. The highest BCUT2D eigenvalue weighted by Crippen LogP contribution is 2.46. The van der Waals surface area contributed by atoms with Crippen LogP contribution in [0.15, 0.2) is 48.5 Å². The van der Waals surface area contributed by atoms with E-state index < -0.39 is 5.92 Å². The van der Waals surface area contributed by atoms with E-state index in [-0.39, 0.29) is 17.6 Å². The third-order valence-corrected chi connectivity index (χ3v) is 8.28. The summed E-state index contributed by atoms with van der Waals surface area (Å²) < 4.78 is 19.5. The number of primary amides is 1. The number of amides is 1. The Bertz CT molecular complexity index is 1550. The van der Waals surface area contributed by atoms with Gasteiger partial charge in [-0.3, -0.25) is 9.78 Å². The van der Waals surface area contributed by atoms with Crippen molar-refractivity contribution >= 4 is 28.4 Å². The first kappa shape index (κ1) is 27.1. The van der Waals surface area contributed by atoms with Crippen molar-refractivity contribution in [2.75, 3.05) is 7.11 Å². The lowest BCUT2D eigenvalue weighted by Crippen LogP contribution is -2.22. The maximum atomic E-state index is 13.8. The van der Waals surface area contributed by atoms with Crippen molar-refractivity contribution < 1.29 is 13.9 Å². The lowest BCUT2D eigenvalue weighted by atomic mass is 9.85. The average Bonchev–Trinajstić information content (AvgIpc) is 3.75. The molecule has 4 aromatic rings. The second kappa shape index (κ2) is 10.9. The molecule has 1 aliphatic rings. The van der Waals surface area contributed by atoms with E-state index in [1.807, 2.05) is 32.9 Å². The summed E-state index contributed by atoms with van der Waals surface area (Å²) in [6.45, 7) is 5.82. The number of hydrogen-bond donors (Lipinski definition) is 1. The number of aromatic nitrogens is 2. The smallest absolute Gasteiger partial charge is 0.224 e. The van der Waals surface area contributed by atoms with Crippen LogP contribution in [0.25, 0.3) is 22.2 Å². The molecule has 2 aromatic heterocycles. The number of carbonyl (C=O) groups is 1. The lowest BCUT2D eigenvalue weighted by molar-refractivity contribution is -0.119. The maximum Gasteiger partial charge on any atom is 0.224 e. The van der Waals surface area contributed by atoms with Gasteiger partial charge in [-0.25, -0.2) is 9.37 Å². The number of hydrogen-bond acceptors (Lipinski definition) is 4. The Kier molecular flexibility index (Phi) is 7.59. The molecular weight excluding hydrogens is 513 g/mol. The van der Waals surface area contributed by atoms with E-state index in [0.717, 1.165) is 69.5 Å². The topological polar surface area (TPSA) is 78.1 Å². The molecule has 1 aliphatic carbocycles. The Labute approximate surface area is 233 Å². The minimum Gasteiger partial charge on any atom is -0.494 e. The Balaban J connectivity index is 1.64. The zero-order valence-corrected chi connectivity index (χ0v) is 23.5. The van der Waals surface area contributed by atoms with Gasteiger partial charge >= 0.3 is 0 Å². The predicted molar refractivity (Wildman–Crippen MR) is 154 cm³/mol. The standard InChI is InChI=1S/C32H33ClFN3O2/c1-5-24(32(35)38)25-16-28(37-30(17(25)2)21-8-10-23(34)11-9-21)26(20-6-7-20)13-19-12-22-15-27(33)18(3)36-31(22)29(14-19)39-4/h8-12,14-16,20,24,26H,5-7,13H2,1-4H3,(H2,35,38). The van der Waals surface area contributed by atoms with E-state index in [2.05, 4.69) is 17.1 Å². The van der Waals surface area contributed by atoms with Gasteiger partial charge in [0.2, 0.25) is 5.91 Å². The average molecular weight is 546 g/mol. The normalized spacial score (nSPS) is 14.8. The van der Waals surface area contributed by atoms with Crippen molar-refractivity contribution in [2.45, 2.75) is 58.3 Å². The number of fused-ring (bicyclic) bond motifs is 1. The van der Waals surface area contributed by atoms with Crippen molar-refractivity contribution in [3.05, 3.63) is 87.4 Å². The SMILES string of the molecule is CCC(C(N)=O)c1cc(C(Cc2cc(OC)c3nc(C)c(Cl)cc3c2)C2CC2)nc(-c2ccc(F)cc2)c1C. The summed E-state index contributed by atoms with van der Waals surface area (Å²) in [7, 11) is 1.65. The van der Waals surface area contributed by atoms with Gasteiger partial charge < -0.3 is 10.5 Å². The first-order chi connectivity index (χ1) is 18.7. The third kappa shape index (κ3) is 5.48. The van der Waals surface area contributed by atoms with Crippen LogP contribution < -0.4 is 10.5 Å². The Morgan fingerprint density at radius 1 is 1.13 bits per heavy atom. The lowest BCUT2D eigenvalue weighted by Gasteiger charge is -2.23. The molecule has 2 N–H and O–H groups in total. The Morgan fingerprint density at radius 3 is 2.46 bits per heavy atom. The molecule has 0 aliphatic heterocycles. The van der Waals surface area contributed by atoms with Gasteiger partial charge in [0, 0.05) is 22.6 Å². The van der Waals surface area contributed by atoms with Gasteiger partial charge in [0.25, 0.3) is 0 Å². The van der Waals surface area contributed by atoms with Crippen LogP contribution in [0, 0.1) is 25.6 Å². The van der Waals surface area contributed by atoms with Crippen LogP contribution in [0.4, 0.5) is 4.39 Å². The van der Waals surface area contributed by atoms with Crippen LogP contribution in [-0.4, -0.2) is 23.0 Å². The largest absolute Gasteiger partial charge is 0.494 e. The first-order valence-electron chi connectivity index (χ1n) is 13.4. The van der Waals surface area contributed by atoms with Gasteiger partial charge in [-0.05, 0) is 111 Å². The highest BCUT2D eigenvalue weighted by atomic mass is 35.5. The first-order valence-corrected chi connectivity index (χ1v) is 13.8. The third-order valence-electron chi connectivity index (χ3n) is 7.90. The molecule has 2 unspecified atom stereocenters. The molecule has 5 nitrogen and oxygen atoms in total. The summed E-state index contributed by atoms with van der Waals surface area (Å²) in [5.74, 6) is 0.227. The van der Waals surface area contributed by atoms with E-state index >= 15 is 0 Å². The second-order valence-electron chi connectivity index (χ2n) is 10.6. The molecule has 202 valence electrons. The molecular formula is C32H33ClFN3O2. The van der Waals surface area contributed by atoms with Gasteiger partial charge in [0.15, 0.2) is 0 Å². The van der Waals surface area contributed by atoms with Crippen LogP contribution in [0.2, 0.25) is 5.02 Å². The number of ether oxygens (including phenoxy) is 1. The van der Waals surface area contributed by atoms with Crippen molar-refractivity contribution in [3.8, 4) is 17.0 Å². The van der Waals surface area contributed by atoms with E-state index in [0.29, 0.717) is 23.1 Å². The van der Waals surface area contributed by atoms with Gasteiger partial charge in [-0.15, -0.1) is 0 Å². The van der Waals surface area contributed by atoms with Gasteiger partial charge in [0.1, 0.15) is 17.1 Å². The highest BCUT2D eigenvalue weighted by molar-refractivity contribution is 6.31. The summed E-state index contributed by atoms with van der Waals surface area (Å²) in [4.78, 5) is 22.3. The summed E-state index contributed by atoms with van der Waals surface area (Å²) in [6, 6.07) is 14.5. The number of nitrogens with two attached hydrogens (primary N) is 1. The summed E-state index contributed by atoms with van der Waals surface area (Å²) in [5.41, 5.74) is 12.8. The fraction of sp³-hybridized carbons (Fsp3) is 0.344. The van der Waals surface area contributed by atoms with Crippen molar-refractivity contribution in [1.29, 1.82) is 0 Å². The highest BCUT2D eigenvalue weighted by Gasteiger charge is 2.35. The molecule has 1 saturated carbocycles. The number of aryl methyl sites for hydroxylation is 1. The molecule has 0 spiro atoms. The molecule has 7 heteroatoms. The second-order valence-corrected chi connectivity index (χ2v) is 11.0. The quantitative estimate of drug-likeness (QED) is 0.237. The number of nitrogens with zero attached hydrogens (tertiary/aromatic N) is 2. The van der Waals surface area contributed by atoms with Crippen LogP contribution in [-0.2, 0) is 11.2 Å². The van der Waals surface area contributed by atoms with Crippen LogP contribution in [0.5, 0.6) is 5.75 Å². The molecule has 0 bridgehead atoms. The zero-order chi connectivity index (χ0) is 27.8. The van der Waals surface area contributed by atoms with Crippen molar-refractivity contribution in [1.82, 2.24) is 9.97 Å². The Morgan fingerprint density at radius 2 is 1.85 bits per heavy atom. The number of carbonyl (C=O) groups excluding carboxylic acids is 1. The van der Waals surface area contributed by atoms with Crippen molar-refractivity contribution in [2.24, 2.45) is 11.7 Å². The molecule has 5 rings (SSSR count). The number of pyridine rings is 2. The molecule has 2 heterocycles. The van der Waals surface area contributed by atoms with E-state index in [1.165, 1.54) is 12.1 Å². The molecule has 0 saturated heterocycles. The van der Waals surface area contributed by atoms with E-state index in [4.69, 9.17) is 27.1 Å². The van der Waals surface area contributed by atoms with Crippen LogP contribution in [0.3, 0.4) is 0 Å². The van der Waals surface area contributed by atoms with Crippen molar-refractivity contribution in [3.63, 3.8) is 0 Å². The summed E-state index contributed by atoms with van der Waals surface area (Å²) >= 11 is 6.41. The number of methoxy groups -OCH3 is 1. The fourth-order valence-corrected chi connectivity index (χ4v) is 5.74. The monoisotopic (exact) mass is 545 g/mol. The molecule has 1 fully saturated rings. The molecule has 39 heavy (non-hydrogen) atoms. The summed E-state index contributed by atoms with van der Waals surface area (Å²) in [5, 5.41) is 1.55. The predicted octanol–water partition coefficient (Wildman–Crippen LogP) is 7.43. The zero-order valence-electron chi connectivity index (χ0n) is 22.7. The van der Waals surface area contributed by atoms with Gasteiger partial charge in [-0.2, -0.15) is 0 Å². The molecule has 2 atom stereocenters. The fourth-order valence-electron chi connectivity index (χ4n) is 5.58. The molecule has 2 aromatic carbocycles. The van der Waals surface area contributed by atoms with E-state index in [1.54, 1.807) is 19.2 Å². The van der Waals surface area contributed by atoms with E-state index in [9.17, 15) is 9.18 Å². The van der Waals surface area contributed by atoms with Crippen LogP contribution in [0.1, 0.15) is 66.1 Å². The van der Waals surface area contributed by atoms with Crippen LogP contribution >= 0.6 is 11.6 Å². The minimum absolute atomic E-state index is 0.130.